The van der Waals surface area contributed by atoms with Crippen LogP contribution >= 0.6 is 23.2 Å². The third-order valence-corrected chi connectivity index (χ3v) is 2.82. The number of carbonyl (C=O) groups is 1. The number of phenols is 1. The van der Waals surface area contributed by atoms with Gasteiger partial charge in [-0.15, -0.1) is 0 Å². The molecule has 0 aromatic heterocycles. The van der Waals surface area contributed by atoms with Crippen molar-refractivity contribution < 1.29 is 9.90 Å². The first kappa shape index (κ1) is 13.5. The van der Waals surface area contributed by atoms with Gasteiger partial charge in [-0.25, -0.2) is 0 Å². The Balaban J connectivity index is 2.28. The van der Waals surface area contributed by atoms with E-state index in [1.54, 1.807) is 18.2 Å². The molecule has 0 aliphatic carbocycles. The van der Waals surface area contributed by atoms with Crippen LogP contribution in [0.15, 0.2) is 36.4 Å². The van der Waals surface area contributed by atoms with Crippen LogP contribution < -0.4 is 11.1 Å². The van der Waals surface area contributed by atoms with Gasteiger partial charge in [-0.05, 0) is 36.4 Å². The lowest BCUT2D eigenvalue weighted by Crippen LogP contribution is -2.12. The number of nitrogens with one attached hydrogen (secondary N) is 1. The quantitative estimate of drug-likeness (QED) is 0.586. The second kappa shape index (κ2) is 5.38. The molecule has 0 heterocycles. The smallest absolute Gasteiger partial charge is 0.259 e. The van der Waals surface area contributed by atoms with E-state index in [2.05, 4.69) is 5.32 Å². The number of hydrogen-bond acceptors (Lipinski definition) is 3. The van der Waals surface area contributed by atoms with Crippen molar-refractivity contribution in [3.05, 3.63) is 52.0 Å². The second-order valence-corrected chi connectivity index (χ2v) is 4.76. The highest BCUT2D eigenvalue weighted by molar-refractivity contribution is 6.35. The molecule has 98 valence electrons. The Kier molecular flexibility index (Phi) is 3.83. The fourth-order valence-corrected chi connectivity index (χ4v) is 2.09. The molecule has 0 radical (unpaired) electrons. The minimum atomic E-state index is -0.497. The molecule has 4 N–H and O–H groups in total. The van der Waals surface area contributed by atoms with Gasteiger partial charge >= 0.3 is 0 Å². The molecule has 0 spiro atoms. The minimum absolute atomic E-state index is 0.0797. The van der Waals surface area contributed by atoms with Gasteiger partial charge in [0.05, 0.1) is 5.56 Å². The van der Waals surface area contributed by atoms with E-state index in [1.807, 2.05) is 0 Å². The molecule has 0 bridgehead atoms. The normalized spacial score (nSPS) is 10.2. The number of nitrogens with two attached hydrogens (primary N) is 1. The monoisotopic (exact) mass is 296 g/mol. The standard InChI is InChI=1S/C13H10Cl2N2O2/c14-7-3-8(15)5-10(4-7)17-13(19)11-6-9(16)1-2-12(11)18/h1-6,18H,16H2,(H,17,19). The van der Waals surface area contributed by atoms with Crippen LogP contribution in [0.1, 0.15) is 10.4 Å². The molecular weight excluding hydrogens is 287 g/mol. The fourth-order valence-electron chi connectivity index (χ4n) is 1.56. The van der Waals surface area contributed by atoms with Gasteiger partial charge in [-0.1, -0.05) is 23.2 Å². The number of phenolic OH excluding ortho intramolecular Hbond substituents is 1. The van der Waals surface area contributed by atoms with Crippen LogP contribution in [0.3, 0.4) is 0 Å². The molecule has 0 aliphatic heterocycles. The summed E-state index contributed by atoms with van der Waals surface area (Å²) in [6.07, 6.45) is 0. The van der Waals surface area contributed by atoms with E-state index in [4.69, 9.17) is 28.9 Å². The summed E-state index contributed by atoms with van der Waals surface area (Å²) < 4.78 is 0. The molecule has 4 nitrogen and oxygen atoms in total. The van der Waals surface area contributed by atoms with Gasteiger partial charge in [0.1, 0.15) is 5.75 Å². The number of carbonyl (C=O) groups excluding carboxylic acids is 1. The summed E-state index contributed by atoms with van der Waals surface area (Å²) in [6.45, 7) is 0. The summed E-state index contributed by atoms with van der Waals surface area (Å²) in [5.41, 5.74) is 6.47. The Bertz CT molecular complexity index is 624. The molecule has 0 aliphatic rings. The molecule has 2 aromatic rings. The third kappa shape index (κ3) is 3.30. The molecule has 0 unspecified atom stereocenters. The maximum atomic E-state index is 12.0. The van der Waals surface area contributed by atoms with Gasteiger partial charge in [0, 0.05) is 21.4 Å². The number of nitrogen functional groups attached to an aromatic ring is 1. The van der Waals surface area contributed by atoms with Gasteiger partial charge in [-0.3, -0.25) is 4.79 Å². The highest BCUT2D eigenvalue weighted by atomic mass is 35.5. The Morgan fingerprint density at radius 1 is 1.11 bits per heavy atom. The maximum absolute atomic E-state index is 12.0. The molecule has 6 heteroatoms. The van der Waals surface area contributed by atoms with Gasteiger partial charge in [0.2, 0.25) is 0 Å². The van der Waals surface area contributed by atoms with Gasteiger partial charge in [-0.2, -0.15) is 0 Å². The zero-order valence-electron chi connectivity index (χ0n) is 9.65. The third-order valence-electron chi connectivity index (χ3n) is 2.39. The van der Waals surface area contributed by atoms with Crippen molar-refractivity contribution in [2.45, 2.75) is 0 Å². The van der Waals surface area contributed by atoms with Crippen molar-refractivity contribution in [3.63, 3.8) is 0 Å². The largest absolute Gasteiger partial charge is 0.507 e. The minimum Gasteiger partial charge on any atom is -0.507 e. The molecule has 0 atom stereocenters. The van der Waals surface area contributed by atoms with Crippen LogP contribution in [0.2, 0.25) is 10.0 Å². The lowest BCUT2D eigenvalue weighted by molar-refractivity contribution is 0.102. The zero-order chi connectivity index (χ0) is 14.0. The first-order valence-electron chi connectivity index (χ1n) is 5.31. The predicted molar refractivity (Wildman–Crippen MR) is 76.9 cm³/mol. The summed E-state index contributed by atoms with van der Waals surface area (Å²) >= 11 is 11.7. The Labute approximate surface area is 119 Å². The lowest BCUT2D eigenvalue weighted by atomic mass is 10.1. The van der Waals surface area contributed by atoms with Crippen molar-refractivity contribution in [1.82, 2.24) is 0 Å². The molecule has 2 rings (SSSR count). The van der Waals surface area contributed by atoms with E-state index in [9.17, 15) is 9.90 Å². The molecule has 2 aromatic carbocycles. The Hall–Kier alpha value is -1.91. The second-order valence-electron chi connectivity index (χ2n) is 3.89. The number of anilines is 2. The number of aromatic hydroxyl groups is 1. The van der Waals surface area contributed by atoms with Crippen LogP contribution in [-0.2, 0) is 0 Å². The topological polar surface area (TPSA) is 75.3 Å². The van der Waals surface area contributed by atoms with Crippen LogP contribution in [0.25, 0.3) is 0 Å². The van der Waals surface area contributed by atoms with Crippen molar-refractivity contribution in [1.29, 1.82) is 0 Å². The van der Waals surface area contributed by atoms with Crippen LogP contribution in [-0.4, -0.2) is 11.0 Å². The van der Waals surface area contributed by atoms with Crippen LogP contribution in [0.4, 0.5) is 11.4 Å². The summed E-state index contributed by atoms with van der Waals surface area (Å²) in [7, 11) is 0. The van der Waals surface area contributed by atoms with Crippen molar-refractivity contribution in [2.24, 2.45) is 0 Å². The first-order valence-corrected chi connectivity index (χ1v) is 6.07. The highest BCUT2D eigenvalue weighted by Crippen LogP contribution is 2.25. The Morgan fingerprint density at radius 2 is 1.74 bits per heavy atom. The summed E-state index contributed by atoms with van der Waals surface area (Å²) in [6, 6.07) is 8.90. The molecule has 1 amide bonds. The average molecular weight is 297 g/mol. The average Bonchev–Trinajstić information content (AvgIpc) is 2.30. The number of rotatable bonds is 2. The molecule has 19 heavy (non-hydrogen) atoms. The summed E-state index contributed by atoms with van der Waals surface area (Å²) in [5.74, 6) is -0.650. The van der Waals surface area contributed by atoms with Gasteiger partial charge in [0.15, 0.2) is 0 Å². The van der Waals surface area contributed by atoms with E-state index >= 15 is 0 Å². The van der Waals surface area contributed by atoms with Crippen molar-refractivity contribution in [2.75, 3.05) is 11.1 Å². The molecule has 0 saturated heterocycles. The fraction of sp³-hybridized carbons (Fsp3) is 0. The molecular formula is C13H10Cl2N2O2. The summed E-state index contributed by atoms with van der Waals surface area (Å²) in [5, 5.41) is 13.0. The van der Waals surface area contributed by atoms with E-state index in [-0.39, 0.29) is 11.3 Å². The van der Waals surface area contributed by atoms with E-state index in [0.29, 0.717) is 21.4 Å². The number of hydrogen-bond donors (Lipinski definition) is 3. The zero-order valence-corrected chi connectivity index (χ0v) is 11.2. The van der Waals surface area contributed by atoms with E-state index in [0.717, 1.165) is 0 Å². The van der Waals surface area contributed by atoms with Crippen LogP contribution in [0.5, 0.6) is 5.75 Å². The summed E-state index contributed by atoms with van der Waals surface area (Å²) in [4.78, 5) is 12.0. The highest BCUT2D eigenvalue weighted by Gasteiger charge is 2.12. The molecule has 0 saturated carbocycles. The van der Waals surface area contributed by atoms with E-state index in [1.165, 1.54) is 18.2 Å². The first-order chi connectivity index (χ1) is 8.95. The van der Waals surface area contributed by atoms with E-state index < -0.39 is 5.91 Å². The van der Waals surface area contributed by atoms with Crippen LogP contribution in [0, 0.1) is 0 Å². The maximum Gasteiger partial charge on any atom is 0.259 e. The van der Waals surface area contributed by atoms with Gasteiger partial charge in [0.25, 0.3) is 5.91 Å². The predicted octanol–water partition coefficient (Wildman–Crippen LogP) is 3.53. The van der Waals surface area contributed by atoms with Crippen molar-refractivity contribution >= 4 is 40.5 Å². The SMILES string of the molecule is Nc1ccc(O)c(C(=O)Nc2cc(Cl)cc(Cl)c2)c1. The lowest BCUT2D eigenvalue weighted by Gasteiger charge is -2.08. The van der Waals surface area contributed by atoms with Crippen molar-refractivity contribution in [3.8, 4) is 5.75 Å². The molecule has 0 fully saturated rings. The number of halogens is 2. The Morgan fingerprint density at radius 3 is 2.37 bits per heavy atom. The number of amides is 1. The van der Waals surface area contributed by atoms with Gasteiger partial charge < -0.3 is 16.2 Å². The number of benzene rings is 2.